The van der Waals surface area contributed by atoms with Crippen LogP contribution in [0.3, 0.4) is 0 Å². The van der Waals surface area contributed by atoms with Gasteiger partial charge >= 0.3 is 6.09 Å². The monoisotopic (exact) mass is 526 g/mol. The molecule has 1 aliphatic heterocycles. The Morgan fingerprint density at radius 2 is 2.11 bits per heavy atom. The second-order valence-electron chi connectivity index (χ2n) is 10.4. The second-order valence-corrected chi connectivity index (χ2v) is 10.8. The molecular formula is C25H31ClN8O3. The summed E-state index contributed by atoms with van der Waals surface area (Å²) in [5.74, 6) is 0.998. The summed E-state index contributed by atoms with van der Waals surface area (Å²) in [7, 11) is 0. The number of hydrogen-bond acceptors (Lipinski definition) is 8. The number of hydrogen-bond donors (Lipinski definition) is 4. The molecule has 0 spiro atoms. The molecule has 11 nitrogen and oxygen atoms in total. The molecule has 1 saturated heterocycles. The van der Waals surface area contributed by atoms with Gasteiger partial charge in [-0.25, -0.2) is 14.8 Å². The predicted octanol–water partition coefficient (Wildman–Crippen LogP) is 2.94. The summed E-state index contributed by atoms with van der Waals surface area (Å²) in [5, 5.41) is 18.2. The largest absolute Gasteiger partial charge is 0.444 e. The van der Waals surface area contributed by atoms with Crippen molar-refractivity contribution in [1.29, 1.82) is 0 Å². The Hall–Kier alpha value is -3.15. The SMILES string of the molecule is C[C@H](O)CN1CCC(n2cc(-c3nc4ncc(Cl)c(N[C@H]5[C@@H](OC(N)=O)[C@@H]6C=C[C@H]5C6)c4[nH]3)cn2)CC1. The van der Waals surface area contributed by atoms with Crippen LogP contribution in [0.5, 0.6) is 0 Å². The summed E-state index contributed by atoms with van der Waals surface area (Å²) in [4.78, 5) is 26.3. The highest BCUT2D eigenvalue weighted by atomic mass is 35.5. The van der Waals surface area contributed by atoms with Crippen LogP contribution in [0.4, 0.5) is 10.5 Å². The number of carbonyl (C=O) groups is 1. The normalized spacial score (nSPS) is 26.7. The Kier molecular flexibility index (Phi) is 6.29. The van der Waals surface area contributed by atoms with Crippen molar-refractivity contribution in [2.24, 2.45) is 17.6 Å². The number of amides is 1. The number of aliphatic hydroxyl groups excluding tert-OH is 1. The number of nitrogens with two attached hydrogens (primary N) is 1. The molecular weight excluding hydrogens is 496 g/mol. The van der Waals surface area contributed by atoms with Crippen molar-refractivity contribution in [3.05, 3.63) is 35.8 Å². The van der Waals surface area contributed by atoms with E-state index in [4.69, 9.17) is 27.1 Å². The molecule has 0 unspecified atom stereocenters. The van der Waals surface area contributed by atoms with E-state index in [9.17, 15) is 9.90 Å². The summed E-state index contributed by atoms with van der Waals surface area (Å²) in [6.45, 7) is 4.40. The Morgan fingerprint density at radius 3 is 2.86 bits per heavy atom. The number of piperidine rings is 1. The van der Waals surface area contributed by atoms with E-state index in [1.54, 1.807) is 6.20 Å². The van der Waals surface area contributed by atoms with E-state index in [1.165, 1.54) is 0 Å². The van der Waals surface area contributed by atoms with Crippen LogP contribution >= 0.6 is 11.6 Å². The number of nitrogens with zero attached hydrogens (tertiary/aromatic N) is 5. The molecule has 3 aliphatic rings. The number of H-pyrrole nitrogens is 1. The minimum absolute atomic E-state index is 0.133. The first-order chi connectivity index (χ1) is 17.9. The molecule has 196 valence electrons. The van der Waals surface area contributed by atoms with E-state index in [2.05, 4.69) is 37.4 Å². The number of nitrogens with one attached hydrogen (secondary N) is 2. The van der Waals surface area contributed by atoms with Crippen LogP contribution in [0.15, 0.2) is 30.7 Å². The lowest BCUT2D eigenvalue weighted by atomic mass is 9.98. The summed E-state index contributed by atoms with van der Waals surface area (Å²) >= 11 is 6.58. The lowest BCUT2D eigenvalue weighted by Gasteiger charge is -2.32. The molecule has 6 rings (SSSR count). The summed E-state index contributed by atoms with van der Waals surface area (Å²) in [6.07, 6.45) is 11.0. The van der Waals surface area contributed by atoms with Gasteiger partial charge in [-0.15, -0.1) is 0 Å². The lowest BCUT2D eigenvalue weighted by Crippen LogP contribution is -2.41. The fourth-order valence-electron chi connectivity index (χ4n) is 6.04. The maximum absolute atomic E-state index is 11.5. The Bertz CT molecular complexity index is 1330. The highest BCUT2D eigenvalue weighted by molar-refractivity contribution is 6.34. The van der Waals surface area contributed by atoms with Crippen molar-refractivity contribution in [3.63, 3.8) is 0 Å². The number of primary amides is 1. The molecule has 5 N–H and O–H groups in total. The fourth-order valence-corrected chi connectivity index (χ4v) is 6.24. The van der Waals surface area contributed by atoms with Gasteiger partial charge in [-0.2, -0.15) is 5.10 Å². The van der Waals surface area contributed by atoms with Gasteiger partial charge in [0.05, 0.1) is 46.9 Å². The number of aromatic nitrogens is 5. The van der Waals surface area contributed by atoms with Gasteiger partial charge in [0.15, 0.2) is 5.65 Å². The first kappa shape index (κ1) is 24.2. The molecule has 2 bridgehead atoms. The minimum Gasteiger partial charge on any atom is -0.444 e. The topological polar surface area (TPSA) is 147 Å². The van der Waals surface area contributed by atoms with Gasteiger partial charge < -0.3 is 30.8 Å². The minimum atomic E-state index is -0.779. The van der Waals surface area contributed by atoms with E-state index >= 15 is 0 Å². The molecule has 2 fully saturated rings. The fraction of sp³-hybridized carbons (Fsp3) is 0.520. The molecule has 0 aromatic carbocycles. The highest BCUT2D eigenvalue weighted by Gasteiger charge is 2.47. The molecule has 5 atom stereocenters. The van der Waals surface area contributed by atoms with E-state index in [-0.39, 0.29) is 30.1 Å². The number of β-amino-alcohol motifs (C(OH)–C–C–N with tert-alkyl or cyclic N) is 1. The number of fused-ring (bicyclic) bond motifs is 3. The number of likely N-dealkylation sites (tertiary alicyclic amines) is 1. The van der Waals surface area contributed by atoms with Crippen molar-refractivity contribution in [1.82, 2.24) is 29.6 Å². The van der Waals surface area contributed by atoms with Crippen molar-refractivity contribution in [2.75, 3.05) is 25.0 Å². The molecule has 1 saturated carbocycles. The van der Waals surface area contributed by atoms with Crippen molar-refractivity contribution < 1.29 is 14.6 Å². The summed E-state index contributed by atoms with van der Waals surface area (Å²) in [5.41, 5.74) is 8.10. The molecule has 4 heterocycles. The second kappa shape index (κ2) is 9.62. The highest BCUT2D eigenvalue weighted by Crippen LogP contribution is 2.44. The lowest BCUT2D eigenvalue weighted by molar-refractivity contribution is 0.0854. The Labute approximate surface area is 219 Å². The standard InChI is InChI=1S/C25H31ClN8O3/c1-13(35)11-33-6-4-17(5-7-33)34-12-16(9-29-34)23-31-21-20(18(26)10-28-24(21)32-23)30-19-14-2-3-15(8-14)22(19)37-25(27)36/h2-3,9-10,12-15,17,19,22,35H,4-8,11H2,1H3,(H2,27,36)(H2,28,30,31,32)/t13-,14-,15+,19+,22-/m0/s1. The predicted molar refractivity (Wildman–Crippen MR) is 139 cm³/mol. The van der Waals surface area contributed by atoms with Gasteiger partial charge in [-0.1, -0.05) is 23.8 Å². The number of rotatable bonds is 7. The third-order valence-corrected chi connectivity index (χ3v) is 8.04. The van der Waals surface area contributed by atoms with Gasteiger partial charge in [-0.05, 0) is 26.2 Å². The summed E-state index contributed by atoms with van der Waals surface area (Å²) in [6, 6.07) is 0.154. The number of aromatic amines is 1. The van der Waals surface area contributed by atoms with Crippen LogP contribution in [-0.4, -0.2) is 78.7 Å². The average molecular weight is 527 g/mol. The zero-order valence-electron chi connectivity index (χ0n) is 20.5. The van der Waals surface area contributed by atoms with Crippen molar-refractivity contribution in [2.45, 2.75) is 50.5 Å². The first-order valence-corrected chi connectivity index (χ1v) is 13.1. The van der Waals surface area contributed by atoms with Crippen LogP contribution < -0.4 is 11.1 Å². The zero-order valence-corrected chi connectivity index (χ0v) is 21.3. The first-order valence-electron chi connectivity index (χ1n) is 12.8. The number of aliphatic hydroxyl groups is 1. The number of pyridine rings is 1. The quantitative estimate of drug-likeness (QED) is 0.343. The molecule has 3 aromatic rings. The van der Waals surface area contributed by atoms with E-state index < -0.39 is 6.09 Å². The van der Waals surface area contributed by atoms with Crippen LogP contribution in [0, 0.1) is 11.8 Å². The third-order valence-electron chi connectivity index (χ3n) is 7.75. The average Bonchev–Trinajstić information content (AvgIpc) is 3.65. The van der Waals surface area contributed by atoms with E-state index in [0.29, 0.717) is 40.3 Å². The zero-order chi connectivity index (χ0) is 25.7. The maximum atomic E-state index is 11.5. The van der Waals surface area contributed by atoms with Crippen molar-refractivity contribution >= 4 is 34.5 Å². The van der Waals surface area contributed by atoms with Gasteiger partial charge in [0.25, 0.3) is 0 Å². The van der Waals surface area contributed by atoms with Gasteiger partial charge in [0.1, 0.15) is 17.4 Å². The van der Waals surface area contributed by atoms with Crippen LogP contribution in [0.1, 0.15) is 32.2 Å². The van der Waals surface area contributed by atoms with Crippen LogP contribution in [0.2, 0.25) is 5.02 Å². The van der Waals surface area contributed by atoms with Crippen molar-refractivity contribution in [3.8, 4) is 11.4 Å². The number of imidazole rings is 1. The number of halogens is 1. The molecule has 2 aliphatic carbocycles. The summed E-state index contributed by atoms with van der Waals surface area (Å²) < 4.78 is 7.47. The Morgan fingerprint density at radius 1 is 1.32 bits per heavy atom. The number of carbonyl (C=O) groups excluding carboxylic acids is 1. The van der Waals surface area contributed by atoms with Crippen LogP contribution in [-0.2, 0) is 4.74 Å². The van der Waals surface area contributed by atoms with E-state index in [0.717, 1.165) is 37.9 Å². The third kappa shape index (κ3) is 4.67. The molecule has 0 radical (unpaired) electrons. The maximum Gasteiger partial charge on any atom is 0.404 e. The number of anilines is 1. The molecule has 37 heavy (non-hydrogen) atoms. The van der Waals surface area contributed by atoms with Gasteiger partial charge in [0.2, 0.25) is 0 Å². The smallest absolute Gasteiger partial charge is 0.404 e. The number of ether oxygens (including phenoxy) is 1. The van der Waals surface area contributed by atoms with E-state index in [1.807, 2.05) is 24.0 Å². The Balaban J connectivity index is 1.23. The molecule has 1 amide bonds. The molecule has 3 aromatic heterocycles. The van der Waals surface area contributed by atoms with Gasteiger partial charge in [0, 0.05) is 37.7 Å². The van der Waals surface area contributed by atoms with Crippen LogP contribution in [0.25, 0.3) is 22.6 Å². The van der Waals surface area contributed by atoms with Gasteiger partial charge in [-0.3, -0.25) is 4.68 Å². The molecule has 12 heteroatoms.